The maximum atomic E-state index is 6.27. The number of benzene rings is 9. The maximum Gasteiger partial charge on any atom is 0.135 e. The number of fused-ring (bicyclic) bond motifs is 7. The first-order chi connectivity index (χ1) is 24.8. The molecule has 1 heterocycles. The zero-order valence-corrected chi connectivity index (χ0v) is 27.3. The van der Waals surface area contributed by atoms with E-state index in [2.05, 4.69) is 181 Å². The Labute approximate surface area is 290 Å². The van der Waals surface area contributed by atoms with Gasteiger partial charge in [0, 0.05) is 27.7 Å². The van der Waals surface area contributed by atoms with E-state index in [9.17, 15) is 0 Å². The summed E-state index contributed by atoms with van der Waals surface area (Å²) >= 11 is 0. The Balaban J connectivity index is 1.32. The second-order valence-corrected chi connectivity index (χ2v) is 12.9. The Kier molecular flexibility index (Phi) is 6.53. The summed E-state index contributed by atoms with van der Waals surface area (Å²) in [5, 5.41) is 9.62. The highest BCUT2D eigenvalue weighted by molar-refractivity contribution is 6.17. The van der Waals surface area contributed by atoms with Gasteiger partial charge in [0.2, 0.25) is 0 Å². The monoisotopic (exact) mass is 637 g/mol. The summed E-state index contributed by atoms with van der Waals surface area (Å²) in [4.78, 5) is 2.41. The molecule has 0 aliphatic rings. The highest BCUT2D eigenvalue weighted by Crippen LogP contribution is 2.49. The third-order valence-electron chi connectivity index (χ3n) is 10.0. The Morgan fingerprint density at radius 2 is 1.02 bits per heavy atom. The number of anilines is 3. The molecule has 0 atom stereocenters. The summed E-state index contributed by atoms with van der Waals surface area (Å²) in [7, 11) is 0. The van der Waals surface area contributed by atoms with Gasteiger partial charge in [0.1, 0.15) is 11.2 Å². The lowest BCUT2D eigenvalue weighted by molar-refractivity contribution is 0.669. The lowest BCUT2D eigenvalue weighted by Crippen LogP contribution is -2.11. The molecule has 0 saturated heterocycles. The zero-order valence-electron chi connectivity index (χ0n) is 27.3. The van der Waals surface area contributed by atoms with Gasteiger partial charge in [0.25, 0.3) is 0 Å². The minimum atomic E-state index is 0.883. The highest BCUT2D eigenvalue weighted by Gasteiger charge is 2.23. The molecule has 0 saturated carbocycles. The Bertz CT molecular complexity index is 2880. The van der Waals surface area contributed by atoms with Gasteiger partial charge >= 0.3 is 0 Å². The standard InChI is InChI=1S/C48H31NO/c1-2-16-36(17-3-1)49(37-27-28-47-43(31-37)42-21-10-11-24-46(42)50-47)45-23-12-22-39(35-26-25-32-13-4-5-14-33(32)29-35)48(45)44-30-34-15-6-7-18-38(34)40-19-8-9-20-41(40)44/h1-31H. The number of para-hydroxylation sites is 2. The molecule has 9 aromatic carbocycles. The van der Waals surface area contributed by atoms with Gasteiger partial charge in [-0.2, -0.15) is 0 Å². The van der Waals surface area contributed by atoms with Crippen LogP contribution in [0.15, 0.2) is 192 Å². The van der Waals surface area contributed by atoms with E-state index in [1.54, 1.807) is 0 Å². The topological polar surface area (TPSA) is 16.4 Å². The van der Waals surface area contributed by atoms with E-state index in [1.807, 2.05) is 12.1 Å². The van der Waals surface area contributed by atoms with Crippen molar-refractivity contribution in [2.24, 2.45) is 0 Å². The minimum absolute atomic E-state index is 0.883. The smallest absolute Gasteiger partial charge is 0.135 e. The van der Waals surface area contributed by atoms with Crippen LogP contribution in [0.4, 0.5) is 17.1 Å². The average molecular weight is 638 g/mol. The number of hydrogen-bond donors (Lipinski definition) is 0. The van der Waals surface area contributed by atoms with Crippen LogP contribution in [0.25, 0.3) is 76.5 Å². The molecule has 2 nitrogen and oxygen atoms in total. The first kappa shape index (κ1) is 28.4. The van der Waals surface area contributed by atoms with E-state index in [4.69, 9.17) is 4.42 Å². The van der Waals surface area contributed by atoms with Gasteiger partial charge in [-0.1, -0.05) is 133 Å². The Morgan fingerprint density at radius 3 is 1.88 bits per heavy atom. The maximum absolute atomic E-state index is 6.27. The van der Waals surface area contributed by atoms with E-state index >= 15 is 0 Å². The first-order valence-electron chi connectivity index (χ1n) is 17.1. The summed E-state index contributed by atoms with van der Waals surface area (Å²) in [5.41, 5.74) is 9.79. The highest BCUT2D eigenvalue weighted by atomic mass is 16.3. The van der Waals surface area contributed by atoms with Crippen molar-refractivity contribution in [3.8, 4) is 22.3 Å². The van der Waals surface area contributed by atoms with Gasteiger partial charge < -0.3 is 9.32 Å². The van der Waals surface area contributed by atoms with Gasteiger partial charge in [0.15, 0.2) is 0 Å². The molecule has 0 fully saturated rings. The third kappa shape index (κ3) is 4.57. The van der Waals surface area contributed by atoms with Gasteiger partial charge in [-0.15, -0.1) is 0 Å². The average Bonchev–Trinajstić information content (AvgIpc) is 3.56. The van der Waals surface area contributed by atoms with Crippen molar-refractivity contribution >= 4 is 71.3 Å². The van der Waals surface area contributed by atoms with Crippen LogP contribution in [0.2, 0.25) is 0 Å². The zero-order chi connectivity index (χ0) is 33.0. The van der Waals surface area contributed by atoms with Crippen molar-refractivity contribution in [1.82, 2.24) is 0 Å². The predicted molar refractivity (Wildman–Crippen MR) is 212 cm³/mol. The molecule has 0 spiro atoms. The summed E-state index contributed by atoms with van der Waals surface area (Å²) in [6.07, 6.45) is 0. The summed E-state index contributed by atoms with van der Waals surface area (Å²) in [5.74, 6) is 0. The molecule has 0 amide bonds. The number of nitrogens with zero attached hydrogens (tertiary/aromatic N) is 1. The molecule has 0 N–H and O–H groups in total. The van der Waals surface area contributed by atoms with Crippen LogP contribution in [0.3, 0.4) is 0 Å². The molecule has 0 unspecified atom stereocenters. The van der Waals surface area contributed by atoms with E-state index in [-0.39, 0.29) is 0 Å². The molecule has 0 radical (unpaired) electrons. The third-order valence-corrected chi connectivity index (χ3v) is 10.0. The summed E-state index contributed by atoms with van der Waals surface area (Å²) < 4.78 is 6.27. The van der Waals surface area contributed by atoms with E-state index in [0.717, 1.165) is 39.0 Å². The molecular weight excluding hydrogens is 607 g/mol. The van der Waals surface area contributed by atoms with Gasteiger partial charge in [-0.3, -0.25) is 0 Å². The van der Waals surface area contributed by atoms with Crippen molar-refractivity contribution in [2.75, 3.05) is 4.90 Å². The molecule has 0 aliphatic heterocycles. The fourth-order valence-electron chi connectivity index (χ4n) is 7.73. The van der Waals surface area contributed by atoms with Crippen LogP contribution in [0.1, 0.15) is 0 Å². The van der Waals surface area contributed by atoms with Crippen molar-refractivity contribution in [1.29, 1.82) is 0 Å². The Hall–Kier alpha value is -6.64. The molecule has 234 valence electrons. The van der Waals surface area contributed by atoms with Gasteiger partial charge in [-0.25, -0.2) is 0 Å². The van der Waals surface area contributed by atoms with E-state index in [0.29, 0.717) is 0 Å². The van der Waals surface area contributed by atoms with Crippen molar-refractivity contribution in [3.63, 3.8) is 0 Å². The lowest BCUT2D eigenvalue weighted by Gasteiger charge is -2.30. The number of furan rings is 1. The summed E-state index contributed by atoms with van der Waals surface area (Å²) in [6.45, 7) is 0. The molecule has 0 bridgehead atoms. The molecule has 1 aromatic heterocycles. The van der Waals surface area contributed by atoms with E-state index < -0.39 is 0 Å². The van der Waals surface area contributed by atoms with Gasteiger partial charge in [-0.05, 0) is 104 Å². The van der Waals surface area contributed by atoms with Crippen LogP contribution in [-0.2, 0) is 0 Å². The largest absolute Gasteiger partial charge is 0.456 e. The van der Waals surface area contributed by atoms with Crippen molar-refractivity contribution in [2.45, 2.75) is 0 Å². The van der Waals surface area contributed by atoms with Crippen LogP contribution < -0.4 is 4.90 Å². The number of rotatable bonds is 5. The van der Waals surface area contributed by atoms with Crippen LogP contribution in [-0.4, -0.2) is 0 Å². The van der Waals surface area contributed by atoms with E-state index in [1.165, 1.54) is 54.6 Å². The second-order valence-electron chi connectivity index (χ2n) is 12.9. The van der Waals surface area contributed by atoms with Crippen LogP contribution in [0.5, 0.6) is 0 Å². The number of hydrogen-bond acceptors (Lipinski definition) is 2. The SMILES string of the molecule is c1ccc(N(c2ccc3oc4ccccc4c3c2)c2cccc(-c3ccc4ccccc4c3)c2-c2cc3ccccc3c3ccccc23)cc1. The first-order valence-corrected chi connectivity index (χ1v) is 17.1. The molecule has 10 aromatic rings. The molecule has 0 aliphatic carbocycles. The Morgan fingerprint density at radius 1 is 0.340 bits per heavy atom. The van der Waals surface area contributed by atoms with Gasteiger partial charge in [0.05, 0.1) is 5.69 Å². The van der Waals surface area contributed by atoms with Crippen molar-refractivity contribution < 1.29 is 4.42 Å². The van der Waals surface area contributed by atoms with Crippen molar-refractivity contribution in [3.05, 3.63) is 188 Å². The second kappa shape index (κ2) is 11.5. The normalized spacial score (nSPS) is 11.6. The molecule has 10 rings (SSSR count). The predicted octanol–water partition coefficient (Wildman–Crippen LogP) is 13.8. The molecular formula is C48H31NO. The summed E-state index contributed by atoms with van der Waals surface area (Å²) in [6, 6.07) is 67.7. The lowest BCUT2D eigenvalue weighted by atomic mass is 9.87. The van der Waals surface area contributed by atoms with Crippen LogP contribution in [0, 0.1) is 0 Å². The van der Waals surface area contributed by atoms with Crippen LogP contribution >= 0.6 is 0 Å². The minimum Gasteiger partial charge on any atom is -0.456 e. The quantitative estimate of drug-likeness (QED) is 0.175. The molecule has 50 heavy (non-hydrogen) atoms. The fourth-order valence-corrected chi connectivity index (χ4v) is 7.73. The fraction of sp³-hybridized carbons (Fsp3) is 0. The molecule has 2 heteroatoms.